The zero-order valence-corrected chi connectivity index (χ0v) is 19.3. The fraction of sp³-hybridized carbons (Fsp3) is 0.409. The van der Waals surface area contributed by atoms with Gasteiger partial charge in [0, 0.05) is 30.6 Å². The van der Waals surface area contributed by atoms with E-state index in [2.05, 4.69) is 5.32 Å². The summed E-state index contributed by atoms with van der Waals surface area (Å²) < 4.78 is 15.4. The average Bonchev–Trinajstić information content (AvgIpc) is 3.08. The summed E-state index contributed by atoms with van der Waals surface area (Å²) in [7, 11) is 2.72. The maximum absolute atomic E-state index is 12.5. The van der Waals surface area contributed by atoms with Crippen LogP contribution in [0.2, 0.25) is 0 Å². The molecule has 0 aliphatic rings. The van der Waals surface area contributed by atoms with E-state index in [0.29, 0.717) is 35.0 Å². The van der Waals surface area contributed by atoms with E-state index in [1.807, 2.05) is 20.8 Å². The van der Waals surface area contributed by atoms with Crippen LogP contribution in [0.1, 0.15) is 29.1 Å². The second-order valence-electron chi connectivity index (χ2n) is 6.59. The number of amides is 2. The Morgan fingerprint density at radius 1 is 1.03 bits per heavy atom. The number of carbonyl (C=O) groups is 3. The van der Waals surface area contributed by atoms with Crippen LogP contribution in [0.15, 0.2) is 24.3 Å². The number of rotatable bonds is 10. The Labute approximate surface area is 186 Å². The van der Waals surface area contributed by atoms with E-state index in [4.69, 9.17) is 14.2 Å². The van der Waals surface area contributed by atoms with Gasteiger partial charge in [0.25, 0.3) is 11.8 Å². The molecule has 0 saturated heterocycles. The van der Waals surface area contributed by atoms with Crippen LogP contribution >= 0.6 is 11.3 Å². The van der Waals surface area contributed by atoms with Crippen LogP contribution in [-0.4, -0.2) is 63.2 Å². The van der Waals surface area contributed by atoms with Gasteiger partial charge >= 0.3 is 5.97 Å². The summed E-state index contributed by atoms with van der Waals surface area (Å²) in [5, 5.41) is 3.12. The molecular formula is C22H28N2O6S. The first-order valence-electron chi connectivity index (χ1n) is 9.87. The van der Waals surface area contributed by atoms with Gasteiger partial charge in [0.2, 0.25) is 0 Å². The van der Waals surface area contributed by atoms with Gasteiger partial charge in [-0.15, -0.1) is 11.3 Å². The molecule has 8 nitrogen and oxygen atoms in total. The fourth-order valence-corrected chi connectivity index (χ4v) is 4.18. The summed E-state index contributed by atoms with van der Waals surface area (Å²) in [4.78, 5) is 39.1. The number of benzene rings is 1. The van der Waals surface area contributed by atoms with E-state index < -0.39 is 5.97 Å². The number of anilines is 1. The lowest BCUT2D eigenvalue weighted by molar-refractivity contribution is -0.133. The number of hydrogen-bond acceptors (Lipinski definition) is 7. The predicted molar refractivity (Wildman–Crippen MR) is 120 cm³/mol. The van der Waals surface area contributed by atoms with Crippen molar-refractivity contribution in [1.82, 2.24) is 4.90 Å². The number of nitrogens with one attached hydrogen (secondary N) is 1. The summed E-state index contributed by atoms with van der Waals surface area (Å²) in [5.74, 6) is -0.433. The van der Waals surface area contributed by atoms with Crippen molar-refractivity contribution in [3.63, 3.8) is 0 Å². The third-order valence-electron chi connectivity index (χ3n) is 4.62. The largest absolute Gasteiger partial charge is 0.484 e. The summed E-state index contributed by atoms with van der Waals surface area (Å²) in [5.41, 5.74) is 1.74. The molecule has 0 saturated carbocycles. The Hall–Kier alpha value is -2.91. The fourth-order valence-electron chi connectivity index (χ4n) is 3.10. The highest BCUT2D eigenvalue weighted by atomic mass is 32.1. The van der Waals surface area contributed by atoms with Gasteiger partial charge in [-0.3, -0.25) is 9.59 Å². The molecule has 9 heteroatoms. The molecule has 0 atom stereocenters. The topological polar surface area (TPSA) is 94.2 Å². The van der Waals surface area contributed by atoms with Crippen molar-refractivity contribution in [3.8, 4) is 16.9 Å². The molecule has 0 bridgehead atoms. The first-order valence-corrected chi connectivity index (χ1v) is 10.7. The maximum Gasteiger partial charge on any atom is 0.341 e. The molecule has 0 radical (unpaired) electrons. The second kappa shape index (κ2) is 11.5. The van der Waals surface area contributed by atoms with Gasteiger partial charge in [0.1, 0.15) is 22.9 Å². The molecule has 2 aromatic rings. The van der Waals surface area contributed by atoms with Crippen LogP contribution in [0.3, 0.4) is 0 Å². The average molecular weight is 449 g/mol. The Bertz CT molecular complexity index is 919. The molecule has 0 spiro atoms. The third kappa shape index (κ3) is 6.05. The maximum atomic E-state index is 12.5. The van der Waals surface area contributed by atoms with Crippen molar-refractivity contribution >= 4 is 34.1 Å². The van der Waals surface area contributed by atoms with Crippen LogP contribution in [0, 0.1) is 6.92 Å². The minimum atomic E-state index is -0.544. The molecule has 168 valence electrons. The van der Waals surface area contributed by atoms with Crippen molar-refractivity contribution in [2.75, 3.05) is 45.8 Å². The first-order chi connectivity index (χ1) is 14.9. The molecule has 1 aromatic carbocycles. The summed E-state index contributed by atoms with van der Waals surface area (Å²) in [6.45, 7) is 6.82. The SMILES string of the molecule is CCN(CC)C(=O)COc1ccc(-c2c(C)sc(NC(=O)COC)c2C(=O)OC)cc1. The van der Waals surface area contributed by atoms with Crippen LogP contribution in [-0.2, 0) is 19.1 Å². The van der Waals surface area contributed by atoms with E-state index in [9.17, 15) is 14.4 Å². The molecule has 0 aliphatic carbocycles. The molecule has 0 unspecified atom stereocenters. The van der Waals surface area contributed by atoms with Crippen molar-refractivity contribution in [2.45, 2.75) is 20.8 Å². The van der Waals surface area contributed by atoms with Gasteiger partial charge in [-0.2, -0.15) is 0 Å². The van der Waals surface area contributed by atoms with Crippen molar-refractivity contribution in [1.29, 1.82) is 0 Å². The van der Waals surface area contributed by atoms with E-state index in [0.717, 1.165) is 10.4 Å². The van der Waals surface area contributed by atoms with E-state index in [-0.39, 0.29) is 25.0 Å². The highest BCUT2D eigenvalue weighted by Gasteiger charge is 2.25. The first kappa shape index (κ1) is 24.4. The minimum absolute atomic E-state index is 0.0401. The summed E-state index contributed by atoms with van der Waals surface area (Å²) >= 11 is 1.29. The number of nitrogens with zero attached hydrogens (tertiary/aromatic N) is 1. The normalized spacial score (nSPS) is 10.5. The van der Waals surface area contributed by atoms with Crippen LogP contribution in [0.5, 0.6) is 5.75 Å². The van der Waals surface area contributed by atoms with Gasteiger partial charge in [0.05, 0.1) is 7.11 Å². The molecule has 2 rings (SSSR count). The lowest BCUT2D eigenvalue weighted by Gasteiger charge is -2.18. The number of ether oxygens (including phenoxy) is 3. The quantitative estimate of drug-likeness (QED) is 0.560. The molecule has 0 fully saturated rings. The van der Waals surface area contributed by atoms with Crippen LogP contribution in [0.4, 0.5) is 5.00 Å². The lowest BCUT2D eigenvalue weighted by atomic mass is 10.0. The van der Waals surface area contributed by atoms with Crippen molar-refractivity contribution in [2.24, 2.45) is 0 Å². The summed E-state index contributed by atoms with van der Waals surface area (Å²) in [6, 6.07) is 7.09. The molecule has 1 aromatic heterocycles. The Morgan fingerprint density at radius 3 is 2.23 bits per heavy atom. The monoisotopic (exact) mass is 448 g/mol. The van der Waals surface area contributed by atoms with Crippen molar-refractivity contribution < 1.29 is 28.6 Å². The Morgan fingerprint density at radius 2 is 1.68 bits per heavy atom. The molecular weight excluding hydrogens is 420 g/mol. The number of esters is 1. The van der Waals surface area contributed by atoms with Gasteiger partial charge in [-0.25, -0.2) is 4.79 Å². The highest BCUT2D eigenvalue weighted by Crippen LogP contribution is 2.40. The number of likely N-dealkylation sites (N-methyl/N-ethyl adjacent to an activating group) is 1. The highest BCUT2D eigenvalue weighted by molar-refractivity contribution is 7.17. The van der Waals surface area contributed by atoms with Gasteiger partial charge in [0.15, 0.2) is 6.61 Å². The summed E-state index contributed by atoms with van der Waals surface area (Å²) in [6.07, 6.45) is 0. The minimum Gasteiger partial charge on any atom is -0.484 e. The molecule has 31 heavy (non-hydrogen) atoms. The number of hydrogen-bond donors (Lipinski definition) is 1. The Kier molecular flexibility index (Phi) is 9.02. The number of aryl methyl sites for hydroxylation is 1. The molecule has 0 aliphatic heterocycles. The van der Waals surface area contributed by atoms with Crippen LogP contribution < -0.4 is 10.1 Å². The predicted octanol–water partition coefficient (Wildman–Crippen LogP) is 3.34. The zero-order valence-electron chi connectivity index (χ0n) is 18.4. The zero-order chi connectivity index (χ0) is 23.0. The van der Waals surface area contributed by atoms with Gasteiger partial charge < -0.3 is 24.4 Å². The third-order valence-corrected chi connectivity index (χ3v) is 5.64. The number of methoxy groups -OCH3 is 2. The number of carbonyl (C=O) groups excluding carboxylic acids is 3. The molecule has 1 heterocycles. The Balaban J connectivity index is 2.27. The molecule has 1 N–H and O–H groups in total. The van der Waals surface area contributed by atoms with Crippen molar-refractivity contribution in [3.05, 3.63) is 34.7 Å². The standard InChI is InChI=1S/C22H28N2O6S/c1-6-24(7-2)18(26)13-30-16-10-8-15(9-11-16)19-14(3)31-21(20(19)22(27)29-5)23-17(25)12-28-4/h8-11H,6-7,12-13H2,1-5H3,(H,23,25). The van der Waals surface area contributed by atoms with Gasteiger partial charge in [-0.05, 0) is 38.5 Å². The lowest BCUT2D eigenvalue weighted by Crippen LogP contribution is -2.34. The van der Waals surface area contributed by atoms with Crippen LogP contribution in [0.25, 0.3) is 11.1 Å². The van der Waals surface area contributed by atoms with E-state index in [1.54, 1.807) is 29.2 Å². The molecule has 2 amide bonds. The smallest absolute Gasteiger partial charge is 0.341 e. The van der Waals surface area contributed by atoms with E-state index >= 15 is 0 Å². The van der Waals surface area contributed by atoms with Gasteiger partial charge in [-0.1, -0.05) is 12.1 Å². The van der Waals surface area contributed by atoms with E-state index in [1.165, 1.54) is 25.6 Å². The number of thiophene rings is 1. The second-order valence-corrected chi connectivity index (χ2v) is 7.81.